The molecule has 2 aromatic rings. The Morgan fingerprint density at radius 3 is 2.68 bits per heavy atom. The molecule has 1 aliphatic rings. The SMILES string of the molecule is Nc1ccc(-c2cnn(C3CC3)c2)c(S(N)(=O)=O)c1. The van der Waals surface area contributed by atoms with Gasteiger partial charge in [-0.2, -0.15) is 5.10 Å². The molecule has 6 nitrogen and oxygen atoms in total. The number of nitrogen functional groups attached to an aromatic ring is 1. The number of anilines is 1. The van der Waals surface area contributed by atoms with Crippen LogP contribution in [0.4, 0.5) is 5.69 Å². The number of aromatic nitrogens is 2. The molecule has 0 spiro atoms. The first-order valence-electron chi connectivity index (χ1n) is 5.92. The molecule has 1 saturated carbocycles. The quantitative estimate of drug-likeness (QED) is 0.821. The van der Waals surface area contributed by atoms with Crippen molar-refractivity contribution < 1.29 is 8.42 Å². The summed E-state index contributed by atoms with van der Waals surface area (Å²) in [6.07, 6.45) is 5.73. The van der Waals surface area contributed by atoms with Gasteiger partial charge in [0.15, 0.2) is 0 Å². The zero-order valence-corrected chi connectivity index (χ0v) is 11.0. The van der Waals surface area contributed by atoms with Gasteiger partial charge in [0, 0.05) is 23.0 Å². The fraction of sp³-hybridized carbons (Fsp3) is 0.250. The number of benzene rings is 1. The standard InChI is InChI=1S/C12H14N4O2S/c13-9-1-4-11(12(5-9)19(14,17)18)8-6-15-16(7-8)10-2-3-10/h1,4-7,10H,2-3,13H2,(H2,14,17,18). The Labute approximate surface area is 111 Å². The first-order chi connectivity index (χ1) is 8.95. The van der Waals surface area contributed by atoms with Gasteiger partial charge in [-0.25, -0.2) is 13.6 Å². The van der Waals surface area contributed by atoms with Gasteiger partial charge >= 0.3 is 0 Å². The molecule has 1 heterocycles. The van der Waals surface area contributed by atoms with E-state index in [1.807, 2.05) is 10.9 Å². The first kappa shape index (κ1) is 12.2. The molecule has 0 atom stereocenters. The molecule has 1 fully saturated rings. The highest BCUT2D eigenvalue weighted by Gasteiger charge is 2.25. The number of nitrogens with two attached hydrogens (primary N) is 2. The average molecular weight is 278 g/mol. The molecule has 3 rings (SSSR count). The maximum Gasteiger partial charge on any atom is 0.238 e. The van der Waals surface area contributed by atoms with Gasteiger partial charge < -0.3 is 5.73 Å². The predicted octanol–water partition coefficient (Wildman–Crippen LogP) is 1.11. The highest BCUT2D eigenvalue weighted by atomic mass is 32.2. The van der Waals surface area contributed by atoms with Crippen molar-refractivity contribution in [1.82, 2.24) is 9.78 Å². The van der Waals surface area contributed by atoms with E-state index in [2.05, 4.69) is 5.10 Å². The summed E-state index contributed by atoms with van der Waals surface area (Å²) >= 11 is 0. The summed E-state index contributed by atoms with van der Waals surface area (Å²) in [4.78, 5) is 0.0304. The number of sulfonamides is 1. The summed E-state index contributed by atoms with van der Waals surface area (Å²) in [5.41, 5.74) is 7.25. The van der Waals surface area contributed by atoms with Crippen LogP contribution < -0.4 is 10.9 Å². The number of hydrogen-bond acceptors (Lipinski definition) is 4. The molecule has 0 bridgehead atoms. The second-order valence-electron chi connectivity index (χ2n) is 4.74. The van der Waals surface area contributed by atoms with E-state index in [0.717, 1.165) is 18.4 Å². The third-order valence-electron chi connectivity index (χ3n) is 3.15. The van der Waals surface area contributed by atoms with E-state index in [-0.39, 0.29) is 4.90 Å². The highest BCUT2D eigenvalue weighted by molar-refractivity contribution is 7.89. The fourth-order valence-corrected chi connectivity index (χ4v) is 2.82. The van der Waals surface area contributed by atoms with Gasteiger partial charge in [-0.05, 0) is 25.0 Å². The van der Waals surface area contributed by atoms with E-state index in [1.165, 1.54) is 6.07 Å². The van der Waals surface area contributed by atoms with Gasteiger partial charge in [-0.3, -0.25) is 4.68 Å². The Balaban J connectivity index is 2.12. The molecule has 7 heteroatoms. The van der Waals surface area contributed by atoms with Crippen LogP contribution in [0.5, 0.6) is 0 Å². The van der Waals surface area contributed by atoms with E-state index < -0.39 is 10.0 Å². The van der Waals surface area contributed by atoms with Gasteiger partial charge in [0.1, 0.15) is 0 Å². The van der Waals surface area contributed by atoms with Gasteiger partial charge in [-0.1, -0.05) is 6.07 Å². The fourth-order valence-electron chi connectivity index (χ4n) is 2.03. The summed E-state index contributed by atoms with van der Waals surface area (Å²) in [6.45, 7) is 0. The van der Waals surface area contributed by atoms with E-state index in [1.54, 1.807) is 18.3 Å². The molecule has 100 valence electrons. The predicted molar refractivity (Wildman–Crippen MR) is 71.7 cm³/mol. The van der Waals surface area contributed by atoms with E-state index in [4.69, 9.17) is 10.9 Å². The van der Waals surface area contributed by atoms with Gasteiger partial charge in [0.2, 0.25) is 10.0 Å². The maximum atomic E-state index is 11.6. The Kier molecular flexibility index (Phi) is 2.61. The number of rotatable bonds is 3. The molecule has 0 unspecified atom stereocenters. The first-order valence-corrected chi connectivity index (χ1v) is 7.46. The van der Waals surface area contributed by atoms with E-state index in [0.29, 0.717) is 17.3 Å². The summed E-state index contributed by atoms with van der Waals surface area (Å²) < 4.78 is 25.1. The van der Waals surface area contributed by atoms with Crippen molar-refractivity contribution in [3.05, 3.63) is 30.6 Å². The minimum atomic E-state index is -3.82. The lowest BCUT2D eigenvalue weighted by atomic mass is 10.1. The smallest absolute Gasteiger partial charge is 0.238 e. The molecule has 1 aromatic heterocycles. The highest BCUT2D eigenvalue weighted by Crippen LogP contribution is 2.36. The maximum absolute atomic E-state index is 11.6. The zero-order valence-electron chi connectivity index (χ0n) is 10.2. The molecule has 0 aliphatic heterocycles. The van der Waals surface area contributed by atoms with Crippen LogP contribution in [0.3, 0.4) is 0 Å². The molecule has 0 saturated heterocycles. The third kappa shape index (κ3) is 2.34. The molecule has 0 amide bonds. The lowest BCUT2D eigenvalue weighted by molar-refractivity contribution is 0.598. The van der Waals surface area contributed by atoms with Crippen molar-refractivity contribution in [2.45, 2.75) is 23.8 Å². The van der Waals surface area contributed by atoms with Crippen LogP contribution in [0, 0.1) is 0 Å². The zero-order chi connectivity index (χ0) is 13.6. The average Bonchev–Trinajstić information content (AvgIpc) is 3.07. The molecular formula is C12H14N4O2S. The Bertz CT molecular complexity index is 732. The topological polar surface area (TPSA) is 104 Å². The second kappa shape index (κ2) is 4.07. The minimum Gasteiger partial charge on any atom is -0.399 e. The van der Waals surface area contributed by atoms with Crippen molar-refractivity contribution in [2.75, 3.05) is 5.73 Å². The van der Waals surface area contributed by atoms with Crippen LogP contribution >= 0.6 is 0 Å². The number of nitrogens with zero attached hydrogens (tertiary/aromatic N) is 2. The number of hydrogen-bond donors (Lipinski definition) is 2. The molecule has 1 aromatic carbocycles. The lowest BCUT2D eigenvalue weighted by Gasteiger charge is -2.06. The largest absolute Gasteiger partial charge is 0.399 e. The molecular weight excluding hydrogens is 264 g/mol. The summed E-state index contributed by atoms with van der Waals surface area (Å²) in [7, 11) is -3.82. The molecule has 0 radical (unpaired) electrons. The third-order valence-corrected chi connectivity index (χ3v) is 4.10. The second-order valence-corrected chi connectivity index (χ2v) is 6.27. The minimum absolute atomic E-state index is 0.0304. The van der Waals surface area contributed by atoms with Crippen LogP contribution in [0.1, 0.15) is 18.9 Å². The number of primary sulfonamides is 1. The van der Waals surface area contributed by atoms with Crippen molar-refractivity contribution in [3.8, 4) is 11.1 Å². The normalized spacial score (nSPS) is 15.6. The molecule has 19 heavy (non-hydrogen) atoms. The van der Waals surface area contributed by atoms with Crippen LogP contribution in [0.15, 0.2) is 35.5 Å². The summed E-state index contributed by atoms with van der Waals surface area (Å²) in [5, 5.41) is 9.48. The Morgan fingerprint density at radius 1 is 1.32 bits per heavy atom. The summed E-state index contributed by atoms with van der Waals surface area (Å²) in [6, 6.07) is 5.13. The van der Waals surface area contributed by atoms with Crippen molar-refractivity contribution in [2.24, 2.45) is 5.14 Å². The van der Waals surface area contributed by atoms with Crippen LogP contribution in [0.2, 0.25) is 0 Å². The monoisotopic (exact) mass is 278 g/mol. The van der Waals surface area contributed by atoms with Crippen LogP contribution in [0.25, 0.3) is 11.1 Å². The van der Waals surface area contributed by atoms with Crippen molar-refractivity contribution in [1.29, 1.82) is 0 Å². The Hall–Kier alpha value is -1.86. The van der Waals surface area contributed by atoms with Crippen LogP contribution in [-0.2, 0) is 10.0 Å². The summed E-state index contributed by atoms with van der Waals surface area (Å²) in [5.74, 6) is 0. The van der Waals surface area contributed by atoms with Gasteiger partial charge in [0.25, 0.3) is 0 Å². The Morgan fingerprint density at radius 2 is 2.05 bits per heavy atom. The van der Waals surface area contributed by atoms with Gasteiger partial charge in [-0.15, -0.1) is 0 Å². The van der Waals surface area contributed by atoms with Gasteiger partial charge in [0.05, 0.1) is 17.1 Å². The lowest BCUT2D eigenvalue weighted by Crippen LogP contribution is -2.13. The van der Waals surface area contributed by atoms with Crippen LogP contribution in [-0.4, -0.2) is 18.2 Å². The van der Waals surface area contributed by atoms with Crippen molar-refractivity contribution >= 4 is 15.7 Å². The van der Waals surface area contributed by atoms with Crippen molar-refractivity contribution in [3.63, 3.8) is 0 Å². The van der Waals surface area contributed by atoms with E-state index in [9.17, 15) is 8.42 Å². The van der Waals surface area contributed by atoms with E-state index >= 15 is 0 Å². The molecule has 4 N–H and O–H groups in total. The molecule has 1 aliphatic carbocycles.